The molecule has 14 heavy (non-hydrogen) atoms. The molecule has 0 unspecified atom stereocenters. The summed E-state index contributed by atoms with van der Waals surface area (Å²) in [5, 5.41) is 0. The number of hydrogen-bond acceptors (Lipinski definition) is 3. The third-order valence-corrected chi connectivity index (χ3v) is 2.86. The van der Waals surface area contributed by atoms with Crippen LogP contribution in [0.4, 0.5) is 4.39 Å². The Bertz CT molecular complexity index is 439. The van der Waals surface area contributed by atoms with E-state index in [-0.39, 0.29) is 5.82 Å². The van der Waals surface area contributed by atoms with Crippen LogP contribution in [0.1, 0.15) is 5.69 Å². The van der Waals surface area contributed by atoms with Crippen LogP contribution >= 0.6 is 11.3 Å². The molecule has 0 fully saturated rings. The smallest absolute Gasteiger partial charge is 0.131 e. The first-order valence-corrected chi connectivity index (χ1v) is 5.08. The first-order chi connectivity index (χ1) is 6.83. The van der Waals surface area contributed by atoms with Crippen LogP contribution in [0, 0.1) is 5.82 Å². The zero-order valence-electron chi connectivity index (χ0n) is 7.40. The van der Waals surface area contributed by atoms with E-state index < -0.39 is 0 Å². The Kier molecular flexibility index (Phi) is 2.56. The molecule has 2 N–H and O–H groups in total. The maximum absolute atomic E-state index is 13.4. The minimum atomic E-state index is -0.230. The molecule has 72 valence electrons. The maximum Gasteiger partial charge on any atom is 0.131 e. The van der Waals surface area contributed by atoms with Crippen LogP contribution in [0.25, 0.3) is 10.4 Å². The molecule has 1 aromatic carbocycles. The van der Waals surface area contributed by atoms with E-state index in [0.717, 1.165) is 10.6 Å². The molecule has 0 radical (unpaired) electrons. The summed E-state index contributed by atoms with van der Waals surface area (Å²) in [6.45, 7) is 0.340. The van der Waals surface area contributed by atoms with E-state index in [2.05, 4.69) is 4.98 Å². The monoisotopic (exact) mass is 208 g/mol. The van der Waals surface area contributed by atoms with E-state index in [1.807, 2.05) is 0 Å². The zero-order valence-corrected chi connectivity index (χ0v) is 8.22. The average molecular weight is 208 g/mol. The van der Waals surface area contributed by atoms with Gasteiger partial charge in [0.05, 0.1) is 16.1 Å². The minimum Gasteiger partial charge on any atom is -0.325 e. The zero-order chi connectivity index (χ0) is 9.97. The van der Waals surface area contributed by atoms with Crippen molar-refractivity contribution in [2.24, 2.45) is 5.73 Å². The van der Waals surface area contributed by atoms with E-state index >= 15 is 0 Å². The molecule has 1 aromatic heterocycles. The van der Waals surface area contributed by atoms with Crippen molar-refractivity contribution in [1.82, 2.24) is 4.98 Å². The summed E-state index contributed by atoms with van der Waals surface area (Å²) >= 11 is 1.41. The van der Waals surface area contributed by atoms with Crippen LogP contribution in [0.3, 0.4) is 0 Å². The lowest BCUT2D eigenvalue weighted by atomic mass is 10.1. The lowest BCUT2D eigenvalue weighted by molar-refractivity contribution is 0.631. The molecule has 0 amide bonds. The predicted octanol–water partition coefficient (Wildman–Crippen LogP) is 2.41. The average Bonchev–Trinajstić information content (AvgIpc) is 2.66. The Labute approximate surface area is 85.2 Å². The normalized spacial score (nSPS) is 10.4. The topological polar surface area (TPSA) is 38.9 Å². The number of benzene rings is 1. The van der Waals surface area contributed by atoms with Crippen LogP contribution in [0.2, 0.25) is 0 Å². The molecular weight excluding hydrogens is 199 g/mol. The van der Waals surface area contributed by atoms with Crippen molar-refractivity contribution in [1.29, 1.82) is 0 Å². The Morgan fingerprint density at radius 3 is 2.86 bits per heavy atom. The lowest BCUT2D eigenvalue weighted by Crippen LogP contribution is -1.98. The highest BCUT2D eigenvalue weighted by Crippen LogP contribution is 2.29. The number of rotatable bonds is 2. The van der Waals surface area contributed by atoms with Gasteiger partial charge in [-0.1, -0.05) is 18.2 Å². The Morgan fingerprint density at radius 1 is 1.36 bits per heavy atom. The summed E-state index contributed by atoms with van der Waals surface area (Å²) in [6.07, 6.45) is 0. The number of thiazole rings is 1. The van der Waals surface area contributed by atoms with Gasteiger partial charge in [0, 0.05) is 12.1 Å². The summed E-state index contributed by atoms with van der Waals surface area (Å²) in [7, 11) is 0. The molecule has 0 saturated carbocycles. The Hall–Kier alpha value is -1.26. The molecule has 1 heterocycles. The fourth-order valence-corrected chi connectivity index (χ4v) is 2.13. The number of nitrogens with two attached hydrogens (primary N) is 1. The van der Waals surface area contributed by atoms with Gasteiger partial charge in [-0.15, -0.1) is 11.3 Å². The second-order valence-corrected chi connectivity index (χ2v) is 3.67. The van der Waals surface area contributed by atoms with Gasteiger partial charge in [0.2, 0.25) is 0 Å². The third kappa shape index (κ3) is 1.54. The fourth-order valence-electron chi connectivity index (χ4n) is 1.28. The van der Waals surface area contributed by atoms with Gasteiger partial charge in [0.25, 0.3) is 0 Å². The van der Waals surface area contributed by atoms with Crippen molar-refractivity contribution in [2.75, 3.05) is 0 Å². The summed E-state index contributed by atoms with van der Waals surface area (Å²) in [6, 6.07) is 6.65. The van der Waals surface area contributed by atoms with Gasteiger partial charge in [-0.2, -0.15) is 0 Å². The summed E-state index contributed by atoms with van der Waals surface area (Å²) in [5.41, 5.74) is 8.52. The molecule has 0 aliphatic heterocycles. The summed E-state index contributed by atoms with van der Waals surface area (Å²) < 4.78 is 13.4. The van der Waals surface area contributed by atoms with Crippen molar-refractivity contribution >= 4 is 11.3 Å². The molecule has 2 aromatic rings. The Morgan fingerprint density at radius 2 is 2.14 bits per heavy atom. The van der Waals surface area contributed by atoms with Crippen LogP contribution in [0.15, 0.2) is 29.8 Å². The van der Waals surface area contributed by atoms with Gasteiger partial charge in [-0.05, 0) is 6.07 Å². The molecule has 2 rings (SSSR count). The van der Waals surface area contributed by atoms with Gasteiger partial charge in [-0.3, -0.25) is 0 Å². The van der Waals surface area contributed by atoms with Crippen LogP contribution in [-0.2, 0) is 6.54 Å². The molecule has 0 atom stereocenters. The van der Waals surface area contributed by atoms with E-state index in [4.69, 9.17) is 5.73 Å². The number of halogens is 1. The van der Waals surface area contributed by atoms with Gasteiger partial charge in [0.1, 0.15) is 5.82 Å². The van der Waals surface area contributed by atoms with Gasteiger partial charge in [-0.25, -0.2) is 9.37 Å². The predicted molar refractivity (Wildman–Crippen MR) is 55.4 cm³/mol. The van der Waals surface area contributed by atoms with Gasteiger partial charge >= 0.3 is 0 Å². The highest BCUT2D eigenvalue weighted by atomic mass is 32.1. The number of hydrogen-bond donors (Lipinski definition) is 1. The van der Waals surface area contributed by atoms with Crippen molar-refractivity contribution in [3.8, 4) is 10.4 Å². The number of nitrogens with zero attached hydrogens (tertiary/aromatic N) is 1. The largest absolute Gasteiger partial charge is 0.325 e. The summed E-state index contributed by atoms with van der Waals surface area (Å²) in [5.74, 6) is -0.230. The molecule has 4 heteroatoms. The standard InChI is InChI=1S/C10H9FN2S/c11-8-4-2-1-3-7(8)10-9(5-12)13-6-14-10/h1-4,6H,5,12H2. The highest BCUT2D eigenvalue weighted by Gasteiger charge is 2.10. The van der Waals surface area contributed by atoms with Gasteiger partial charge < -0.3 is 5.73 Å². The van der Waals surface area contributed by atoms with Crippen LogP contribution < -0.4 is 5.73 Å². The van der Waals surface area contributed by atoms with E-state index in [1.54, 1.807) is 23.7 Å². The Balaban J connectivity index is 2.54. The second-order valence-electron chi connectivity index (χ2n) is 2.81. The molecular formula is C10H9FN2S. The highest BCUT2D eigenvalue weighted by molar-refractivity contribution is 7.13. The molecule has 0 saturated heterocycles. The van der Waals surface area contributed by atoms with Crippen LogP contribution in [0.5, 0.6) is 0 Å². The van der Waals surface area contributed by atoms with E-state index in [0.29, 0.717) is 12.1 Å². The first-order valence-electron chi connectivity index (χ1n) is 4.20. The molecule has 0 aliphatic carbocycles. The van der Waals surface area contributed by atoms with Gasteiger partial charge in [0.15, 0.2) is 0 Å². The fraction of sp³-hybridized carbons (Fsp3) is 0.100. The second kappa shape index (κ2) is 3.86. The summed E-state index contributed by atoms with van der Waals surface area (Å²) in [4.78, 5) is 4.90. The van der Waals surface area contributed by atoms with Crippen molar-refractivity contribution in [2.45, 2.75) is 6.54 Å². The van der Waals surface area contributed by atoms with E-state index in [1.165, 1.54) is 17.4 Å². The quantitative estimate of drug-likeness (QED) is 0.823. The minimum absolute atomic E-state index is 0.230. The molecule has 2 nitrogen and oxygen atoms in total. The van der Waals surface area contributed by atoms with Crippen molar-refractivity contribution in [3.05, 3.63) is 41.3 Å². The maximum atomic E-state index is 13.4. The molecule has 0 spiro atoms. The lowest BCUT2D eigenvalue weighted by Gasteiger charge is -2.01. The van der Waals surface area contributed by atoms with Crippen LogP contribution in [-0.4, -0.2) is 4.98 Å². The van der Waals surface area contributed by atoms with Crippen molar-refractivity contribution < 1.29 is 4.39 Å². The van der Waals surface area contributed by atoms with E-state index in [9.17, 15) is 4.39 Å². The first kappa shape index (κ1) is 9.30. The number of aromatic nitrogens is 1. The SMILES string of the molecule is NCc1ncsc1-c1ccccc1F. The molecule has 0 aliphatic rings. The molecule has 0 bridgehead atoms. The van der Waals surface area contributed by atoms with Crippen molar-refractivity contribution in [3.63, 3.8) is 0 Å². The third-order valence-electron chi connectivity index (χ3n) is 1.95.